The zero-order valence-electron chi connectivity index (χ0n) is 20.0. The maximum atomic E-state index is 11.1. The summed E-state index contributed by atoms with van der Waals surface area (Å²) >= 11 is 0.737. The molecule has 1 unspecified atom stereocenters. The predicted octanol–water partition coefficient (Wildman–Crippen LogP) is 4.25. The number of carbonyl (C=O) groups is 1. The average Bonchev–Trinajstić information content (AvgIpc) is 3.59. The molecule has 0 amide bonds. The molecule has 10 nitrogen and oxygen atoms in total. The number of benzene rings is 2. The fourth-order valence-electron chi connectivity index (χ4n) is 3.76. The van der Waals surface area contributed by atoms with Gasteiger partial charge in [0.15, 0.2) is 0 Å². The summed E-state index contributed by atoms with van der Waals surface area (Å²) in [6.07, 6.45) is 3.70. The van der Waals surface area contributed by atoms with Crippen LogP contribution < -0.4 is 9.47 Å². The fraction of sp³-hybridized carbons (Fsp3) is 0.240. The number of nitrogens with zero attached hydrogens (tertiary/aromatic N) is 3. The van der Waals surface area contributed by atoms with Gasteiger partial charge in [-0.05, 0) is 31.2 Å². The number of aromatic nitrogens is 3. The summed E-state index contributed by atoms with van der Waals surface area (Å²) < 4.78 is 30.8. The second kappa shape index (κ2) is 11.9. The number of fused-ring (bicyclic) bond motifs is 1. The van der Waals surface area contributed by atoms with Crippen molar-refractivity contribution in [3.05, 3.63) is 71.9 Å². The monoisotopic (exact) mass is 540 g/mol. The summed E-state index contributed by atoms with van der Waals surface area (Å²) in [5.41, 5.74) is 2.82. The van der Waals surface area contributed by atoms with Crippen molar-refractivity contribution in [3.63, 3.8) is 0 Å². The van der Waals surface area contributed by atoms with E-state index in [1.165, 1.54) is 11.8 Å². The molecule has 2 aromatic carbocycles. The third kappa shape index (κ3) is 6.66. The van der Waals surface area contributed by atoms with Crippen molar-refractivity contribution in [2.45, 2.75) is 25.2 Å². The number of carboxylic acid groups (broad SMARTS) is 1. The molecule has 2 N–H and O–H groups in total. The van der Waals surface area contributed by atoms with Crippen LogP contribution in [-0.2, 0) is 30.0 Å². The SMILES string of the molecule is Cc1ccc(Oc2cc(OCc3nccn3C)c3[nH]c(C4=NCC(CC(=O)O)S4)cc3c2)cc1.O=S=O. The summed E-state index contributed by atoms with van der Waals surface area (Å²) in [7, 11) is 1.92. The van der Waals surface area contributed by atoms with Gasteiger partial charge in [-0.3, -0.25) is 9.79 Å². The van der Waals surface area contributed by atoms with Crippen molar-refractivity contribution in [1.82, 2.24) is 14.5 Å². The van der Waals surface area contributed by atoms with Gasteiger partial charge in [-0.2, -0.15) is 8.42 Å². The summed E-state index contributed by atoms with van der Waals surface area (Å²) in [5, 5.41) is 10.8. The minimum atomic E-state index is -0.812. The second-order valence-corrected chi connectivity index (χ2v) is 9.70. The Morgan fingerprint density at radius 2 is 1.97 bits per heavy atom. The first-order valence-corrected chi connectivity index (χ1v) is 12.8. The van der Waals surface area contributed by atoms with Crippen molar-refractivity contribution in [1.29, 1.82) is 0 Å². The van der Waals surface area contributed by atoms with Crippen molar-refractivity contribution >= 4 is 45.2 Å². The third-order valence-electron chi connectivity index (χ3n) is 5.55. The third-order valence-corrected chi connectivity index (χ3v) is 6.77. The van der Waals surface area contributed by atoms with E-state index in [2.05, 4.69) is 15.0 Å². The Labute approximate surface area is 220 Å². The van der Waals surface area contributed by atoms with E-state index < -0.39 is 17.5 Å². The molecule has 1 aliphatic heterocycles. The van der Waals surface area contributed by atoms with E-state index in [0.29, 0.717) is 24.7 Å². The summed E-state index contributed by atoms with van der Waals surface area (Å²) in [5.74, 6) is 2.02. The Kier molecular flexibility index (Phi) is 8.41. The van der Waals surface area contributed by atoms with Crippen LogP contribution in [0.25, 0.3) is 10.9 Å². The number of aliphatic carboxylic acids is 1. The molecule has 0 saturated heterocycles. The van der Waals surface area contributed by atoms with Gasteiger partial charge in [0.05, 0.1) is 24.2 Å². The number of aryl methyl sites for hydroxylation is 2. The molecule has 0 radical (unpaired) electrons. The van der Waals surface area contributed by atoms with E-state index in [4.69, 9.17) is 23.0 Å². The number of imidazole rings is 1. The Balaban J connectivity index is 0.00000102. The number of ether oxygens (including phenoxy) is 2. The van der Waals surface area contributed by atoms with Gasteiger partial charge in [0.2, 0.25) is 0 Å². The molecule has 1 aliphatic rings. The molecule has 0 fully saturated rings. The Morgan fingerprint density at radius 3 is 2.65 bits per heavy atom. The van der Waals surface area contributed by atoms with Crippen LogP contribution in [0.1, 0.15) is 23.5 Å². The van der Waals surface area contributed by atoms with E-state index in [-0.39, 0.29) is 11.7 Å². The number of aromatic amines is 1. The molecule has 4 aromatic rings. The lowest BCUT2D eigenvalue weighted by atomic mass is 10.2. The highest BCUT2D eigenvalue weighted by atomic mass is 32.2. The Bertz CT molecular complexity index is 1470. The number of H-pyrrole nitrogens is 1. The molecular formula is C25H24N4O6S2. The van der Waals surface area contributed by atoms with Gasteiger partial charge in [0.1, 0.15) is 34.7 Å². The molecule has 0 aliphatic carbocycles. The highest BCUT2D eigenvalue weighted by Crippen LogP contribution is 2.36. The van der Waals surface area contributed by atoms with E-state index in [1.54, 1.807) is 6.20 Å². The first-order valence-electron chi connectivity index (χ1n) is 11.2. The smallest absolute Gasteiger partial charge is 0.335 e. The second-order valence-electron chi connectivity index (χ2n) is 8.28. The van der Waals surface area contributed by atoms with Gasteiger partial charge in [-0.15, -0.1) is 0 Å². The molecule has 1 atom stereocenters. The van der Waals surface area contributed by atoms with Gasteiger partial charge in [0.25, 0.3) is 0 Å². The summed E-state index contributed by atoms with van der Waals surface area (Å²) in [6, 6.07) is 13.7. The topological polar surface area (TPSA) is 136 Å². The molecule has 5 rings (SSSR count). The number of aliphatic imine (C=N–C) groups is 1. The minimum absolute atomic E-state index is 0.0570. The lowest BCUT2D eigenvalue weighted by Crippen LogP contribution is -2.10. The number of thioether (sulfide) groups is 1. The normalized spacial score (nSPS) is 14.5. The molecule has 0 saturated carbocycles. The van der Waals surface area contributed by atoms with Crippen LogP contribution >= 0.6 is 11.8 Å². The van der Waals surface area contributed by atoms with Crippen molar-refractivity contribution < 1.29 is 27.8 Å². The Morgan fingerprint density at radius 1 is 1.22 bits per heavy atom. The number of nitrogens with one attached hydrogen (secondary N) is 1. The quantitative estimate of drug-likeness (QED) is 0.339. The standard InChI is InChI=1S/C25H24N4O4S.O2S/c1-15-3-5-17(6-4-15)33-18-9-16-10-20(25-27-13-19(34-25)12-23(30)31)28-24(16)21(11-18)32-14-22-26-7-8-29(22)2;1-3-2/h3-11,19,28H,12-14H2,1-2H3,(H,30,31);. The maximum absolute atomic E-state index is 11.1. The lowest BCUT2D eigenvalue weighted by molar-refractivity contribution is -0.136. The first-order chi connectivity index (χ1) is 17.9. The summed E-state index contributed by atoms with van der Waals surface area (Å²) in [6.45, 7) is 2.83. The van der Waals surface area contributed by atoms with E-state index in [9.17, 15) is 4.79 Å². The fourth-order valence-corrected chi connectivity index (χ4v) is 4.84. The highest BCUT2D eigenvalue weighted by Gasteiger charge is 2.24. The lowest BCUT2D eigenvalue weighted by Gasteiger charge is -2.11. The van der Waals surface area contributed by atoms with Gasteiger partial charge < -0.3 is 24.1 Å². The van der Waals surface area contributed by atoms with Crippen LogP contribution in [0.5, 0.6) is 17.2 Å². The molecule has 192 valence electrons. The summed E-state index contributed by atoms with van der Waals surface area (Å²) in [4.78, 5) is 23.4. The zero-order valence-corrected chi connectivity index (χ0v) is 21.7. The van der Waals surface area contributed by atoms with Crippen LogP contribution in [0.4, 0.5) is 0 Å². The molecule has 2 aromatic heterocycles. The first kappa shape index (κ1) is 26.2. The van der Waals surface area contributed by atoms with E-state index >= 15 is 0 Å². The zero-order chi connectivity index (χ0) is 26.4. The van der Waals surface area contributed by atoms with Crippen LogP contribution in [-0.4, -0.2) is 50.9 Å². The minimum Gasteiger partial charge on any atom is -0.483 e. The van der Waals surface area contributed by atoms with Crippen LogP contribution in [0.15, 0.2) is 59.9 Å². The van der Waals surface area contributed by atoms with Crippen LogP contribution in [0.2, 0.25) is 0 Å². The van der Waals surface area contributed by atoms with Gasteiger partial charge in [-0.1, -0.05) is 29.5 Å². The van der Waals surface area contributed by atoms with Gasteiger partial charge in [0, 0.05) is 36.1 Å². The van der Waals surface area contributed by atoms with Gasteiger partial charge in [-0.25, -0.2) is 4.98 Å². The predicted molar refractivity (Wildman–Crippen MR) is 141 cm³/mol. The van der Waals surface area contributed by atoms with Crippen molar-refractivity contribution in [3.8, 4) is 17.2 Å². The highest BCUT2D eigenvalue weighted by molar-refractivity contribution is 8.15. The molecular weight excluding hydrogens is 516 g/mol. The van der Waals surface area contributed by atoms with Crippen molar-refractivity contribution in [2.75, 3.05) is 6.54 Å². The molecule has 0 spiro atoms. The molecule has 3 heterocycles. The van der Waals surface area contributed by atoms with Crippen LogP contribution in [0, 0.1) is 6.92 Å². The average molecular weight is 541 g/mol. The van der Waals surface area contributed by atoms with Crippen LogP contribution in [0.3, 0.4) is 0 Å². The van der Waals surface area contributed by atoms with Gasteiger partial charge >= 0.3 is 17.5 Å². The number of rotatable bonds is 8. The maximum Gasteiger partial charge on any atom is 0.335 e. The largest absolute Gasteiger partial charge is 0.483 e. The number of hydrogen-bond donors (Lipinski definition) is 2. The molecule has 0 bridgehead atoms. The number of carboxylic acids is 1. The van der Waals surface area contributed by atoms with Crippen molar-refractivity contribution in [2.24, 2.45) is 12.0 Å². The van der Waals surface area contributed by atoms with E-state index in [0.717, 1.165) is 38.8 Å². The Hall–Kier alpha value is -3.90. The van der Waals surface area contributed by atoms with E-state index in [1.807, 2.05) is 67.2 Å². The molecule has 37 heavy (non-hydrogen) atoms. The number of hydrogen-bond acceptors (Lipinski definition) is 8. The molecule has 12 heteroatoms.